The van der Waals surface area contributed by atoms with Gasteiger partial charge in [0.1, 0.15) is 5.69 Å². The van der Waals surface area contributed by atoms with Crippen LogP contribution in [0.25, 0.3) is 0 Å². The van der Waals surface area contributed by atoms with Gasteiger partial charge in [-0.15, -0.1) is 0 Å². The highest BCUT2D eigenvalue weighted by molar-refractivity contribution is 5.92. The molecule has 0 atom stereocenters. The summed E-state index contributed by atoms with van der Waals surface area (Å²) in [5, 5.41) is 3.03. The normalized spacial score (nSPS) is 19.4. The predicted octanol–water partition coefficient (Wildman–Crippen LogP) is 1.04. The van der Waals surface area contributed by atoms with E-state index in [-0.39, 0.29) is 29.0 Å². The first kappa shape index (κ1) is 17.5. The van der Waals surface area contributed by atoms with Crippen LogP contribution in [-0.4, -0.2) is 59.5 Å². The number of piperidine rings is 1. The fourth-order valence-corrected chi connectivity index (χ4v) is 3.92. The van der Waals surface area contributed by atoms with Crippen LogP contribution in [0.3, 0.4) is 0 Å². The zero-order chi connectivity index (χ0) is 18.2. The second-order valence-corrected chi connectivity index (χ2v) is 7.55. The van der Waals surface area contributed by atoms with E-state index in [1.165, 1.54) is 10.6 Å². The molecule has 1 aliphatic heterocycles. The van der Waals surface area contributed by atoms with Crippen molar-refractivity contribution in [2.24, 2.45) is 12.5 Å². The number of nitrogens with one attached hydrogen (secondary N) is 1. The van der Waals surface area contributed by atoms with Gasteiger partial charge in [-0.25, -0.2) is 4.79 Å². The first-order chi connectivity index (χ1) is 11.8. The average molecular weight is 346 g/mol. The van der Waals surface area contributed by atoms with Gasteiger partial charge in [-0.3, -0.25) is 9.59 Å². The number of amides is 3. The molecule has 7 nitrogen and oxygen atoms in total. The minimum atomic E-state index is -0.169. The second-order valence-electron chi connectivity index (χ2n) is 7.55. The number of rotatable bonds is 2. The molecule has 1 aromatic heterocycles. The topological polar surface area (TPSA) is 74.7 Å². The first-order valence-corrected chi connectivity index (χ1v) is 8.74. The van der Waals surface area contributed by atoms with E-state index in [0.29, 0.717) is 18.8 Å². The Labute approximate surface area is 147 Å². The number of urea groups is 1. The zero-order valence-corrected chi connectivity index (χ0v) is 15.1. The van der Waals surface area contributed by atoms with Crippen molar-refractivity contribution in [1.29, 1.82) is 0 Å². The van der Waals surface area contributed by atoms with Crippen molar-refractivity contribution in [1.82, 2.24) is 19.7 Å². The molecule has 1 saturated heterocycles. The highest BCUT2D eigenvalue weighted by atomic mass is 16.2. The van der Waals surface area contributed by atoms with E-state index in [1.54, 1.807) is 38.2 Å². The summed E-state index contributed by atoms with van der Waals surface area (Å²) in [6.07, 6.45) is 3.87. The van der Waals surface area contributed by atoms with Crippen LogP contribution in [0.15, 0.2) is 23.0 Å². The Balaban J connectivity index is 1.55. The van der Waals surface area contributed by atoms with Crippen LogP contribution in [0.4, 0.5) is 4.79 Å². The summed E-state index contributed by atoms with van der Waals surface area (Å²) < 4.78 is 1.41. The van der Waals surface area contributed by atoms with Gasteiger partial charge in [-0.2, -0.15) is 0 Å². The summed E-state index contributed by atoms with van der Waals surface area (Å²) in [6.45, 7) is 1.41. The van der Waals surface area contributed by atoms with Gasteiger partial charge in [0.2, 0.25) is 0 Å². The molecular formula is C18H26N4O3. The van der Waals surface area contributed by atoms with Crippen LogP contribution in [0.2, 0.25) is 0 Å². The Hall–Kier alpha value is -2.31. The van der Waals surface area contributed by atoms with Gasteiger partial charge in [0.25, 0.3) is 11.5 Å². The molecule has 1 N–H and O–H groups in total. The van der Waals surface area contributed by atoms with E-state index >= 15 is 0 Å². The van der Waals surface area contributed by atoms with Crippen LogP contribution >= 0.6 is 0 Å². The lowest BCUT2D eigenvalue weighted by Gasteiger charge is -2.52. The summed E-state index contributed by atoms with van der Waals surface area (Å²) in [6, 6.07) is 4.98. The number of pyridine rings is 1. The van der Waals surface area contributed by atoms with Crippen molar-refractivity contribution in [3.05, 3.63) is 34.2 Å². The highest BCUT2D eigenvalue weighted by Crippen LogP contribution is 2.49. The Morgan fingerprint density at radius 1 is 1.20 bits per heavy atom. The number of hydrogen-bond donors (Lipinski definition) is 1. The average Bonchev–Trinajstić information content (AvgIpc) is 2.56. The van der Waals surface area contributed by atoms with Crippen molar-refractivity contribution < 1.29 is 9.59 Å². The number of carbonyl (C=O) groups excluding carboxylic acids is 2. The molecule has 0 unspecified atom stereocenters. The molecule has 136 valence electrons. The molecule has 2 heterocycles. The highest BCUT2D eigenvalue weighted by Gasteiger charge is 2.47. The maximum absolute atomic E-state index is 12.7. The van der Waals surface area contributed by atoms with Crippen molar-refractivity contribution in [2.75, 3.05) is 27.2 Å². The van der Waals surface area contributed by atoms with E-state index < -0.39 is 0 Å². The van der Waals surface area contributed by atoms with Gasteiger partial charge < -0.3 is 19.7 Å². The summed E-state index contributed by atoms with van der Waals surface area (Å²) in [5.74, 6) is -0.0770. The summed E-state index contributed by atoms with van der Waals surface area (Å²) >= 11 is 0. The SMILES string of the molecule is CN(C)C(=O)NC1CC2(CCN(C(=O)c3cccc(=O)n3C)CC2)C1. The van der Waals surface area contributed by atoms with Gasteiger partial charge in [0.05, 0.1) is 0 Å². The third-order valence-electron chi connectivity index (χ3n) is 5.61. The molecular weight excluding hydrogens is 320 g/mol. The van der Waals surface area contributed by atoms with E-state index in [2.05, 4.69) is 5.32 Å². The molecule has 3 amide bonds. The molecule has 7 heteroatoms. The number of carbonyl (C=O) groups is 2. The number of nitrogens with zero attached hydrogens (tertiary/aromatic N) is 3. The van der Waals surface area contributed by atoms with Crippen LogP contribution < -0.4 is 10.9 Å². The van der Waals surface area contributed by atoms with Gasteiger partial charge in [0, 0.05) is 46.3 Å². The Morgan fingerprint density at radius 3 is 2.44 bits per heavy atom. The van der Waals surface area contributed by atoms with Gasteiger partial charge in [-0.1, -0.05) is 6.07 Å². The van der Waals surface area contributed by atoms with E-state index in [0.717, 1.165) is 25.7 Å². The van der Waals surface area contributed by atoms with E-state index in [4.69, 9.17) is 0 Å². The summed E-state index contributed by atoms with van der Waals surface area (Å²) in [5.41, 5.74) is 0.523. The maximum Gasteiger partial charge on any atom is 0.317 e. The van der Waals surface area contributed by atoms with Crippen LogP contribution in [0, 0.1) is 5.41 Å². The van der Waals surface area contributed by atoms with Gasteiger partial charge in [0.15, 0.2) is 0 Å². The minimum absolute atomic E-state index is 0.0440. The van der Waals surface area contributed by atoms with Crippen molar-refractivity contribution in [3.8, 4) is 0 Å². The van der Waals surface area contributed by atoms with Crippen molar-refractivity contribution in [3.63, 3.8) is 0 Å². The van der Waals surface area contributed by atoms with Crippen molar-refractivity contribution >= 4 is 11.9 Å². The molecule has 1 aromatic rings. The minimum Gasteiger partial charge on any atom is -0.337 e. The first-order valence-electron chi connectivity index (χ1n) is 8.74. The quantitative estimate of drug-likeness (QED) is 0.869. The molecule has 1 aliphatic carbocycles. The lowest BCUT2D eigenvalue weighted by Crippen LogP contribution is -2.56. The molecule has 1 saturated carbocycles. The smallest absolute Gasteiger partial charge is 0.317 e. The van der Waals surface area contributed by atoms with E-state index in [9.17, 15) is 14.4 Å². The molecule has 0 bridgehead atoms. The van der Waals surface area contributed by atoms with Gasteiger partial charge in [-0.05, 0) is 37.2 Å². The molecule has 3 rings (SSSR count). The number of aromatic nitrogens is 1. The summed E-state index contributed by atoms with van der Waals surface area (Å²) in [4.78, 5) is 39.5. The van der Waals surface area contributed by atoms with E-state index in [1.807, 2.05) is 4.90 Å². The molecule has 25 heavy (non-hydrogen) atoms. The predicted molar refractivity (Wildman–Crippen MR) is 94.5 cm³/mol. The van der Waals surface area contributed by atoms with Crippen molar-refractivity contribution in [2.45, 2.75) is 31.7 Å². The Kier molecular flexibility index (Phi) is 4.58. The number of likely N-dealkylation sites (tertiary alicyclic amines) is 1. The molecule has 0 aromatic carbocycles. The summed E-state index contributed by atoms with van der Waals surface area (Å²) in [7, 11) is 5.11. The third-order valence-corrected chi connectivity index (χ3v) is 5.61. The molecule has 1 spiro atoms. The third kappa shape index (κ3) is 3.41. The fraction of sp³-hybridized carbons (Fsp3) is 0.611. The monoisotopic (exact) mass is 346 g/mol. The van der Waals surface area contributed by atoms with Crippen LogP contribution in [-0.2, 0) is 7.05 Å². The second kappa shape index (κ2) is 6.54. The van der Waals surface area contributed by atoms with Crippen LogP contribution in [0.1, 0.15) is 36.2 Å². The zero-order valence-electron chi connectivity index (χ0n) is 15.1. The Bertz CT molecular complexity index is 724. The molecule has 2 aliphatic rings. The fourth-order valence-electron chi connectivity index (χ4n) is 3.92. The lowest BCUT2D eigenvalue weighted by molar-refractivity contribution is 0.00974. The standard InChI is InChI=1S/C18H26N4O3/c1-20(2)17(25)19-13-11-18(12-13)7-9-22(10-8-18)16(24)14-5-4-6-15(23)21(14)3/h4-6,13H,7-12H2,1-3H3,(H,19,25). The Morgan fingerprint density at radius 2 is 1.84 bits per heavy atom. The molecule has 0 radical (unpaired) electrons. The van der Waals surface area contributed by atoms with Crippen LogP contribution in [0.5, 0.6) is 0 Å². The lowest BCUT2D eigenvalue weighted by atomic mass is 9.60. The van der Waals surface area contributed by atoms with Gasteiger partial charge >= 0.3 is 6.03 Å². The number of hydrogen-bond acceptors (Lipinski definition) is 3. The maximum atomic E-state index is 12.7. The largest absolute Gasteiger partial charge is 0.337 e. The molecule has 2 fully saturated rings.